The van der Waals surface area contributed by atoms with E-state index in [0.29, 0.717) is 0 Å². The van der Waals surface area contributed by atoms with E-state index in [1.165, 1.54) is 17.0 Å². The lowest BCUT2D eigenvalue weighted by Crippen LogP contribution is -2.30. The monoisotopic (exact) mass is 293 g/mol. The molecule has 5 nitrogen and oxygen atoms in total. The van der Waals surface area contributed by atoms with Crippen LogP contribution in [0.1, 0.15) is 22.9 Å². The molecule has 22 heavy (non-hydrogen) atoms. The Morgan fingerprint density at radius 2 is 2.00 bits per heavy atom. The molecule has 4 rings (SSSR count). The van der Waals surface area contributed by atoms with Gasteiger partial charge in [0.05, 0.1) is 11.0 Å². The fraction of sp³-hybridized carbons (Fsp3) is 0.176. The van der Waals surface area contributed by atoms with Gasteiger partial charge in [-0.1, -0.05) is 30.3 Å². The number of benzene rings is 2. The van der Waals surface area contributed by atoms with E-state index in [-0.39, 0.29) is 16.7 Å². The second-order valence-corrected chi connectivity index (χ2v) is 5.55. The van der Waals surface area contributed by atoms with Gasteiger partial charge in [0.2, 0.25) is 0 Å². The van der Waals surface area contributed by atoms with Gasteiger partial charge >= 0.3 is 0 Å². The Morgan fingerprint density at radius 3 is 2.86 bits per heavy atom. The minimum Gasteiger partial charge on any atom is -0.357 e. The van der Waals surface area contributed by atoms with E-state index in [1.54, 1.807) is 12.1 Å². The second kappa shape index (κ2) is 4.96. The third-order valence-electron chi connectivity index (χ3n) is 4.27. The zero-order chi connectivity index (χ0) is 15.1. The van der Waals surface area contributed by atoms with Crippen LogP contribution in [0, 0.1) is 10.1 Å². The maximum Gasteiger partial charge on any atom is 0.269 e. The summed E-state index contributed by atoms with van der Waals surface area (Å²) < 4.78 is 0. The Balaban J connectivity index is 1.85. The van der Waals surface area contributed by atoms with Crippen LogP contribution < -0.4 is 5.32 Å². The van der Waals surface area contributed by atoms with Crippen molar-refractivity contribution in [2.24, 2.45) is 0 Å². The van der Waals surface area contributed by atoms with Crippen LogP contribution in [0.15, 0.2) is 48.5 Å². The third-order valence-corrected chi connectivity index (χ3v) is 4.27. The first-order valence-electron chi connectivity index (χ1n) is 7.31. The number of aromatic nitrogens is 1. The highest BCUT2D eigenvalue weighted by molar-refractivity contribution is 5.85. The topological polar surface area (TPSA) is 71.0 Å². The molecule has 0 aliphatic carbocycles. The number of para-hydroxylation sites is 1. The molecular weight excluding hydrogens is 278 g/mol. The number of nitrogens with one attached hydrogen (secondary N) is 2. The van der Waals surface area contributed by atoms with Crippen LogP contribution in [0.3, 0.4) is 0 Å². The van der Waals surface area contributed by atoms with Gasteiger partial charge in [-0.3, -0.25) is 10.1 Å². The van der Waals surface area contributed by atoms with Crippen LogP contribution in [-0.4, -0.2) is 16.5 Å². The van der Waals surface area contributed by atoms with Gasteiger partial charge in [-0.05, 0) is 23.6 Å². The number of H-pyrrole nitrogens is 1. The Bertz CT molecular complexity index is 869. The average molecular weight is 293 g/mol. The third kappa shape index (κ3) is 1.98. The van der Waals surface area contributed by atoms with Gasteiger partial charge in [0.25, 0.3) is 5.69 Å². The van der Waals surface area contributed by atoms with Crippen molar-refractivity contribution < 1.29 is 4.92 Å². The number of hydrogen-bond donors (Lipinski definition) is 2. The first-order valence-corrected chi connectivity index (χ1v) is 7.31. The Kier molecular flexibility index (Phi) is 2.94. The summed E-state index contributed by atoms with van der Waals surface area (Å²) in [6.07, 6.45) is 0.963. The van der Waals surface area contributed by atoms with Crippen LogP contribution in [0.2, 0.25) is 0 Å². The highest BCUT2D eigenvalue weighted by Gasteiger charge is 2.25. The first-order chi connectivity index (χ1) is 10.7. The SMILES string of the molecule is O=[N+]([O-])c1cccc([C@H]2NCCc3c2[nH]c2ccccc32)c1. The van der Waals surface area contributed by atoms with Gasteiger partial charge in [-0.15, -0.1) is 0 Å². The van der Waals surface area contributed by atoms with E-state index in [2.05, 4.69) is 22.4 Å². The van der Waals surface area contributed by atoms with Crippen molar-refractivity contribution >= 4 is 16.6 Å². The van der Waals surface area contributed by atoms with Crippen molar-refractivity contribution in [2.45, 2.75) is 12.5 Å². The van der Waals surface area contributed by atoms with Crippen molar-refractivity contribution in [1.29, 1.82) is 0 Å². The van der Waals surface area contributed by atoms with Crippen molar-refractivity contribution in [1.82, 2.24) is 10.3 Å². The predicted octanol–water partition coefficient (Wildman–Crippen LogP) is 3.31. The Morgan fingerprint density at radius 1 is 1.14 bits per heavy atom. The normalized spacial score (nSPS) is 17.4. The van der Waals surface area contributed by atoms with Crippen LogP contribution in [0.5, 0.6) is 0 Å². The fourth-order valence-corrected chi connectivity index (χ4v) is 3.28. The molecule has 0 fully saturated rings. The van der Waals surface area contributed by atoms with E-state index in [9.17, 15) is 10.1 Å². The number of non-ortho nitro benzene ring substituents is 1. The lowest BCUT2D eigenvalue weighted by Gasteiger charge is -2.24. The predicted molar refractivity (Wildman–Crippen MR) is 84.9 cm³/mol. The molecule has 0 amide bonds. The summed E-state index contributed by atoms with van der Waals surface area (Å²) in [7, 11) is 0. The average Bonchev–Trinajstić information content (AvgIpc) is 2.93. The molecule has 1 aromatic heterocycles. The highest BCUT2D eigenvalue weighted by atomic mass is 16.6. The fourth-order valence-electron chi connectivity index (χ4n) is 3.28. The Labute approximate surface area is 127 Å². The molecule has 2 N–H and O–H groups in total. The van der Waals surface area contributed by atoms with Gasteiger partial charge in [0.1, 0.15) is 0 Å². The van der Waals surface area contributed by atoms with Crippen molar-refractivity contribution in [3.05, 3.63) is 75.5 Å². The van der Waals surface area contributed by atoms with Crippen LogP contribution >= 0.6 is 0 Å². The maximum absolute atomic E-state index is 11.0. The molecule has 1 aliphatic heterocycles. The lowest BCUT2D eigenvalue weighted by molar-refractivity contribution is -0.384. The molecule has 2 aromatic carbocycles. The molecule has 0 unspecified atom stereocenters. The number of rotatable bonds is 2. The quantitative estimate of drug-likeness (QED) is 0.562. The number of nitro groups is 1. The van der Waals surface area contributed by atoms with E-state index < -0.39 is 0 Å². The van der Waals surface area contributed by atoms with E-state index in [0.717, 1.165) is 29.7 Å². The molecule has 5 heteroatoms. The minimum atomic E-state index is -0.349. The lowest BCUT2D eigenvalue weighted by atomic mass is 9.94. The molecule has 1 aliphatic rings. The number of fused-ring (bicyclic) bond motifs is 3. The summed E-state index contributed by atoms with van der Waals surface area (Å²) in [6, 6.07) is 15.1. The largest absolute Gasteiger partial charge is 0.357 e. The number of hydrogen-bond acceptors (Lipinski definition) is 3. The maximum atomic E-state index is 11.0. The number of aromatic amines is 1. The van der Waals surface area contributed by atoms with Crippen LogP contribution in [0.25, 0.3) is 10.9 Å². The summed E-state index contributed by atoms with van der Waals surface area (Å²) in [6.45, 7) is 0.863. The zero-order valence-corrected chi connectivity index (χ0v) is 11.9. The molecule has 0 radical (unpaired) electrons. The van der Waals surface area contributed by atoms with Crippen molar-refractivity contribution in [3.63, 3.8) is 0 Å². The van der Waals surface area contributed by atoms with E-state index in [4.69, 9.17) is 0 Å². The molecule has 0 spiro atoms. The number of nitro benzene ring substituents is 1. The zero-order valence-electron chi connectivity index (χ0n) is 11.9. The number of nitrogens with zero attached hydrogens (tertiary/aromatic N) is 1. The molecule has 0 saturated heterocycles. The minimum absolute atomic E-state index is 0.0314. The molecule has 1 atom stereocenters. The summed E-state index contributed by atoms with van der Waals surface area (Å²) >= 11 is 0. The highest BCUT2D eigenvalue weighted by Crippen LogP contribution is 2.34. The summed E-state index contributed by atoms with van der Waals surface area (Å²) in [5.74, 6) is 0. The van der Waals surface area contributed by atoms with Gasteiger partial charge in [0, 0.05) is 35.3 Å². The van der Waals surface area contributed by atoms with Crippen LogP contribution in [0.4, 0.5) is 5.69 Å². The van der Waals surface area contributed by atoms with Gasteiger partial charge < -0.3 is 10.3 Å². The molecule has 110 valence electrons. The molecule has 2 heterocycles. The summed E-state index contributed by atoms with van der Waals surface area (Å²) in [4.78, 5) is 14.1. The summed E-state index contributed by atoms with van der Waals surface area (Å²) in [5, 5.41) is 15.7. The van der Waals surface area contributed by atoms with E-state index >= 15 is 0 Å². The van der Waals surface area contributed by atoms with Crippen LogP contribution in [-0.2, 0) is 6.42 Å². The molecule has 3 aromatic rings. The van der Waals surface area contributed by atoms with Crippen molar-refractivity contribution in [2.75, 3.05) is 6.54 Å². The first kappa shape index (κ1) is 13.0. The van der Waals surface area contributed by atoms with Gasteiger partial charge in [-0.25, -0.2) is 0 Å². The molecule has 0 saturated carbocycles. The molecular formula is C17H15N3O2. The van der Waals surface area contributed by atoms with E-state index in [1.807, 2.05) is 18.2 Å². The van der Waals surface area contributed by atoms with Gasteiger partial charge in [0.15, 0.2) is 0 Å². The summed E-state index contributed by atoms with van der Waals surface area (Å²) in [5.41, 5.74) is 4.59. The van der Waals surface area contributed by atoms with Crippen molar-refractivity contribution in [3.8, 4) is 0 Å². The Hall–Kier alpha value is -2.66. The standard InChI is InChI=1S/C17H15N3O2/c21-20(22)12-5-3-4-11(10-12)16-17-14(8-9-18-16)13-6-1-2-7-15(13)19-17/h1-7,10,16,18-19H,8-9H2/t16-/m1/s1. The van der Waals surface area contributed by atoms with Gasteiger partial charge in [-0.2, -0.15) is 0 Å². The molecule has 0 bridgehead atoms. The smallest absolute Gasteiger partial charge is 0.269 e. The second-order valence-electron chi connectivity index (χ2n) is 5.55.